The van der Waals surface area contributed by atoms with Crippen LogP contribution in [0.5, 0.6) is 0 Å². The van der Waals surface area contributed by atoms with Crippen molar-refractivity contribution in [2.24, 2.45) is 0 Å². The monoisotopic (exact) mass is 267 g/mol. The zero-order valence-corrected chi connectivity index (χ0v) is 10.9. The van der Waals surface area contributed by atoms with Crippen molar-refractivity contribution >= 4 is 0 Å². The van der Waals surface area contributed by atoms with Gasteiger partial charge in [-0.15, -0.1) is 13.3 Å². The number of hydrogen-bond acceptors (Lipinski definition) is 0. The summed E-state index contributed by atoms with van der Waals surface area (Å²) in [5.41, 5.74) is 4.25. The number of halogens is 2. The third-order valence-electron chi connectivity index (χ3n) is 1.82. The van der Waals surface area contributed by atoms with Crippen molar-refractivity contribution in [3.63, 3.8) is 0 Å². The zero-order chi connectivity index (χ0) is 6.15. The fourth-order valence-corrected chi connectivity index (χ4v) is 0.850. The van der Waals surface area contributed by atoms with Gasteiger partial charge >= 0.3 is 26.2 Å². The van der Waals surface area contributed by atoms with Gasteiger partial charge < -0.3 is 24.8 Å². The molecule has 0 bridgehead atoms. The molecule has 61 valence electrons. The first kappa shape index (κ1) is 17.9. The van der Waals surface area contributed by atoms with Gasteiger partial charge in [0.15, 0.2) is 0 Å². The third-order valence-corrected chi connectivity index (χ3v) is 1.82. The average molecular weight is 269 g/mol. The van der Waals surface area contributed by atoms with E-state index in [0.717, 1.165) is 6.42 Å². The van der Waals surface area contributed by atoms with Crippen LogP contribution in [-0.4, -0.2) is 0 Å². The van der Waals surface area contributed by atoms with E-state index >= 15 is 0 Å². The van der Waals surface area contributed by atoms with Gasteiger partial charge in [0.25, 0.3) is 0 Å². The van der Waals surface area contributed by atoms with Crippen LogP contribution >= 0.6 is 0 Å². The summed E-state index contributed by atoms with van der Waals surface area (Å²) in [4.78, 5) is 0. The Hall–Kier alpha value is 0.943. The maximum absolute atomic E-state index is 3.26. The predicted octanol–water partition coefficient (Wildman–Crippen LogP) is -3.52. The van der Waals surface area contributed by atoms with Gasteiger partial charge in [-0.1, -0.05) is 13.8 Å². The minimum atomic E-state index is 0. The van der Waals surface area contributed by atoms with Crippen molar-refractivity contribution in [2.45, 2.75) is 27.2 Å². The molecule has 1 radical (unpaired) electrons. The summed E-state index contributed by atoms with van der Waals surface area (Å²) in [5.74, 6) is 0. The van der Waals surface area contributed by atoms with E-state index in [0.29, 0.717) is 0 Å². The normalized spacial score (nSPS) is 14.3. The fraction of sp³-hybridized carbons (Fsp3) is 0.500. The second kappa shape index (κ2) is 7.58. The van der Waals surface area contributed by atoms with Crippen molar-refractivity contribution < 1.29 is 51.0 Å². The van der Waals surface area contributed by atoms with E-state index in [9.17, 15) is 0 Å². The van der Waals surface area contributed by atoms with Crippen LogP contribution in [0.4, 0.5) is 0 Å². The van der Waals surface area contributed by atoms with Gasteiger partial charge in [0.1, 0.15) is 0 Å². The number of allylic oxidation sites excluding steroid dienone is 4. The Morgan fingerprint density at radius 1 is 1.09 bits per heavy atom. The molecule has 0 fully saturated rings. The van der Waals surface area contributed by atoms with Crippen LogP contribution in [0, 0.1) is 6.08 Å². The van der Waals surface area contributed by atoms with Crippen molar-refractivity contribution in [1.82, 2.24) is 0 Å². The van der Waals surface area contributed by atoms with Gasteiger partial charge in [0.2, 0.25) is 0 Å². The molecule has 1 aliphatic carbocycles. The van der Waals surface area contributed by atoms with E-state index in [1.54, 1.807) is 0 Å². The molecule has 0 N–H and O–H groups in total. The Balaban J connectivity index is -0.000000213. The second-order valence-corrected chi connectivity index (χ2v) is 2.38. The Kier molecular flexibility index (Phi) is 12.3. The molecule has 1 rings (SSSR count). The minimum absolute atomic E-state index is 0. The molecule has 0 saturated carbocycles. The molecule has 0 aromatic heterocycles. The summed E-state index contributed by atoms with van der Waals surface area (Å²) in [6, 6.07) is 0. The van der Waals surface area contributed by atoms with E-state index in [-0.39, 0.29) is 51.0 Å². The molecule has 0 heterocycles. The van der Waals surface area contributed by atoms with E-state index < -0.39 is 0 Å². The van der Waals surface area contributed by atoms with Crippen LogP contribution in [0.2, 0.25) is 0 Å². The van der Waals surface area contributed by atoms with Gasteiger partial charge in [0, 0.05) is 0 Å². The summed E-state index contributed by atoms with van der Waals surface area (Å²) < 4.78 is 0. The molecule has 0 aromatic rings. The maximum atomic E-state index is 3.26. The molecular formula is C8H11Cl2Zr. The molecule has 0 nitrogen and oxygen atoms in total. The summed E-state index contributed by atoms with van der Waals surface area (Å²) >= 11 is 0. The maximum Gasteiger partial charge on any atom is 3.00 e. The van der Waals surface area contributed by atoms with E-state index in [1.807, 2.05) is 0 Å². The van der Waals surface area contributed by atoms with Crippen molar-refractivity contribution in [2.75, 3.05) is 0 Å². The van der Waals surface area contributed by atoms with Crippen LogP contribution in [0.15, 0.2) is 16.7 Å². The zero-order valence-electron chi connectivity index (χ0n) is 6.96. The summed E-state index contributed by atoms with van der Waals surface area (Å²) in [5, 5.41) is 0. The van der Waals surface area contributed by atoms with Crippen molar-refractivity contribution in [1.29, 1.82) is 0 Å². The Morgan fingerprint density at radius 3 is 1.64 bits per heavy atom. The molecule has 0 saturated heterocycles. The van der Waals surface area contributed by atoms with E-state index in [4.69, 9.17) is 0 Å². The third kappa shape index (κ3) is 4.50. The summed E-state index contributed by atoms with van der Waals surface area (Å²) in [6.45, 7) is 6.44. The first-order chi connectivity index (χ1) is 3.72. The molecule has 0 unspecified atom stereocenters. The molecule has 3 heteroatoms. The summed E-state index contributed by atoms with van der Waals surface area (Å²) in [6.07, 6.45) is 4.31. The average Bonchev–Trinajstić information content (AvgIpc) is 1.98. The molecular weight excluding hydrogens is 258 g/mol. The number of rotatable bonds is 0. The van der Waals surface area contributed by atoms with Gasteiger partial charge in [-0.25, -0.2) is 5.57 Å². The SMILES string of the molecule is CC1=[C-]CC(C)=C1C.[Cl-].[Cl-].[Zr+3]. The van der Waals surface area contributed by atoms with Crippen LogP contribution in [0.25, 0.3) is 0 Å². The molecule has 1 aliphatic rings. The first-order valence-corrected chi connectivity index (χ1v) is 2.96. The molecule has 0 atom stereocenters. The Bertz CT molecular complexity index is 165. The molecule has 0 amide bonds. The van der Waals surface area contributed by atoms with Gasteiger partial charge in [-0.05, 0) is 0 Å². The topological polar surface area (TPSA) is 0 Å². The fourth-order valence-electron chi connectivity index (χ4n) is 0.850. The molecule has 0 spiro atoms. The van der Waals surface area contributed by atoms with Crippen LogP contribution in [-0.2, 0) is 26.2 Å². The van der Waals surface area contributed by atoms with Gasteiger partial charge in [-0.2, -0.15) is 11.1 Å². The second-order valence-electron chi connectivity index (χ2n) is 2.38. The molecule has 0 aromatic carbocycles. The van der Waals surface area contributed by atoms with Gasteiger partial charge in [0.05, 0.1) is 0 Å². The quantitative estimate of drug-likeness (QED) is 0.400. The smallest absolute Gasteiger partial charge is 1.00 e. The minimum Gasteiger partial charge on any atom is -1.00 e. The number of hydrogen-bond donors (Lipinski definition) is 0. The van der Waals surface area contributed by atoms with E-state index in [2.05, 4.69) is 26.8 Å². The van der Waals surface area contributed by atoms with Gasteiger partial charge in [-0.3, -0.25) is 6.08 Å². The Morgan fingerprint density at radius 2 is 1.55 bits per heavy atom. The Labute approximate surface area is 100 Å². The van der Waals surface area contributed by atoms with Crippen molar-refractivity contribution in [3.8, 4) is 0 Å². The van der Waals surface area contributed by atoms with Crippen LogP contribution < -0.4 is 24.8 Å². The van der Waals surface area contributed by atoms with Crippen LogP contribution in [0.3, 0.4) is 0 Å². The van der Waals surface area contributed by atoms with Crippen molar-refractivity contribution in [3.05, 3.63) is 22.8 Å². The van der Waals surface area contributed by atoms with E-state index in [1.165, 1.54) is 16.7 Å². The molecule has 0 aliphatic heterocycles. The largest absolute Gasteiger partial charge is 3.00 e. The standard InChI is InChI=1S/C8H11.2ClH.Zr/c1-6-4-5-7(2)8(6)3;;;/h4H2,1-3H3;2*1H;/q-1;;;+3/p-2. The molecule has 11 heavy (non-hydrogen) atoms. The summed E-state index contributed by atoms with van der Waals surface area (Å²) in [7, 11) is 0. The predicted molar refractivity (Wildman–Crippen MR) is 35.4 cm³/mol. The first-order valence-electron chi connectivity index (χ1n) is 2.96. The van der Waals surface area contributed by atoms with Crippen LogP contribution in [0.1, 0.15) is 27.2 Å².